The summed E-state index contributed by atoms with van der Waals surface area (Å²) < 4.78 is 0.788. The van der Waals surface area contributed by atoms with Crippen LogP contribution in [0, 0.1) is 0 Å². The molecular weight excluding hydrogens is 346 g/mol. The van der Waals surface area contributed by atoms with Crippen LogP contribution < -0.4 is 5.32 Å². The van der Waals surface area contributed by atoms with E-state index in [0.717, 1.165) is 10.9 Å². The van der Waals surface area contributed by atoms with Crippen molar-refractivity contribution in [2.45, 2.75) is 19.4 Å². The Morgan fingerprint density at radius 1 is 1.47 bits per heavy atom. The molecular formula is C14H13BrClNOS. The molecule has 0 aliphatic heterocycles. The molecule has 100 valence electrons. The number of hydrogen-bond donors (Lipinski definition) is 1. The van der Waals surface area contributed by atoms with Crippen LogP contribution in [-0.2, 0) is 0 Å². The van der Waals surface area contributed by atoms with Gasteiger partial charge >= 0.3 is 0 Å². The first kappa shape index (κ1) is 14.6. The summed E-state index contributed by atoms with van der Waals surface area (Å²) in [7, 11) is 0. The Morgan fingerprint density at radius 2 is 2.26 bits per heavy atom. The van der Waals surface area contributed by atoms with Gasteiger partial charge in [-0.2, -0.15) is 0 Å². The number of carbonyl (C=O) groups excluding carboxylic acids is 1. The summed E-state index contributed by atoms with van der Waals surface area (Å²) in [6, 6.07) is 9.28. The lowest BCUT2D eigenvalue weighted by Gasteiger charge is -2.15. The van der Waals surface area contributed by atoms with Crippen LogP contribution in [0.15, 0.2) is 40.2 Å². The van der Waals surface area contributed by atoms with E-state index in [2.05, 4.69) is 28.2 Å². The zero-order chi connectivity index (χ0) is 13.8. The second kappa shape index (κ2) is 6.55. The van der Waals surface area contributed by atoms with Crippen molar-refractivity contribution in [3.05, 3.63) is 55.6 Å². The maximum atomic E-state index is 12.2. The van der Waals surface area contributed by atoms with Crippen LogP contribution in [0.2, 0.25) is 5.02 Å². The van der Waals surface area contributed by atoms with Gasteiger partial charge in [0.05, 0.1) is 11.1 Å². The molecule has 1 amide bonds. The van der Waals surface area contributed by atoms with Crippen molar-refractivity contribution in [2.24, 2.45) is 0 Å². The van der Waals surface area contributed by atoms with Crippen molar-refractivity contribution in [1.82, 2.24) is 5.32 Å². The Balaban J connectivity index is 2.13. The summed E-state index contributed by atoms with van der Waals surface area (Å²) in [5.74, 6) is -0.102. The third-order valence-electron chi connectivity index (χ3n) is 2.78. The van der Waals surface area contributed by atoms with Gasteiger partial charge in [-0.15, -0.1) is 11.3 Å². The van der Waals surface area contributed by atoms with Gasteiger partial charge in [-0.25, -0.2) is 0 Å². The number of halogens is 2. The first-order valence-corrected chi connectivity index (χ1v) is 7.96. The summed E-state index contributed by atoms with van der Waals surface area (Å²) in [4.78, 5) is 13.4. The molecule has 19 heavy (non-hydrogen) atoms. The minimum absolute atomic E-state index is 0.0509. The molecule has 5 heteroatoms. The van der Waals surface area contributed by atoms with Crippen molar-refractivity contribution in [3.63, 3.8) is 0 Å². The molecule has 1 heterocycles. The summed E-state index contributed by atoms with van der Waals surface area (Å²) in [6.07, 6.45) is 0.858. The molecule has 1 atom stereocenters. The fraction of sp³-hybridized carbons (Fsp3) is 0.214. The Labute approximate surface area is 129 Å². The van der Waals surface area contributed by atoms with Gasteiger partial charge in [-0.05, 0) is 52.0 Å². The summed E-state index contributed by atoms with van der Waals surface area (Å²) in [5, 5.41) is 5.58. The fourth-order valence-corrected chi connectivity index (χ4v) is 3.03. The van der Waals surface area contributed by atoms with E-state index in [9.17, 15) is 4.79 Å². The van der Waals surface area contributed by atoms with E-state index in [1.165, 1.54) is 4.88 Å². The predicted molar refractivity (Wildman–Crippen MR) is 84.0 cm³/mol. The molecule has 0 aliphatic carbocycles. The monoisotopic (exact) mass is 357 g/mol. The topological polar surface area (TPSA) is 29.1 Å². The Kier molecular flexibility index (Phi) is 5.02. The molecule has 2 nitrogen and oxygen atoms in total. The summed E-state index contributed by atoms with van der Waals surface area (Å²) in [6.45, 7) is 2.05. The van der Waals surface area contributed by atoms with Crippen molar-refractivity contribution in [1.29, 1.82) is 0 Å². The van der Waals surface area contributed by atoms with Crippen LogP contribution in [0.1, 0.15) is 34.6 Å². The van der Waals surface area contributed by atoms with Crippen molar-refractivity contribution < 1.29 is 4.79 Å². The number of thiophene rings is 1. The van der Waals surface area contributed by atoms with E-state index >= 15 is 0 Å². The van der Waals surface area contributed by atoms with Crippen LogP contribution in [0.3, 0.4) is 0 Å². The standard InChI is InChI=1S/C14H13BrClNOS/c1-2-12(13-4-3-7-19-13)17-14(18)9-5-6-10(15)11(16)8-9/h3-8,12H,2H2,1H3,(H,17,18). The predicted octanol–water partition coefficient (Wildman–Crippen LogP) is 5.05. The van der Waals surface area contributed by atoms with E-state index in [0.29, 0.717) is 10.6 Å². The lowest BCUT2D eigenvalue weighted by atomic mass is 10.1. The molecule has 1 N–H and O–H groups in total. The number of benzene rings is 1. The van der Waals surface area contributed by atoms with Gasteiger partial charge in [0.15, 0.2) is 0 Å². The molecule has 0 bridgehead atoms. The third kappa shape index (κ3) is 3.59. The smallest absolute Gasteiger partial charge is 0.251 e. The van der Waals surface area contributed by atoms with Gasteiger partial charge in [0.2, 0.25) is 0 Å². The number of rotatable bonds is 4. The number of amides is 1. The first-order valence-electron chi connectivity index (χ1n) is 5.91. The average Bonchev–Trinajstić information content (AvgIpc) is 2.92. The average molecular weight is 359 g/mol. The maximum absolute atomic E-state index is 12.2. The molecule has 0 spiro atoms. The molecule has 2 rings (SSSR count). The van der Waals surface area contributed by atoms with Crippen LogP contribution in [0.25, 0.3) is 0 Å². The molecule has 0 saturated heterocycles. The van der Waals surface area contributed by atoms with Crippen molar-refractivity contribution in [2.75, 3.05) is 0 Å². The molecule has 2 aromatic rings. The van der Waals surface area contributed by atoms with Crippen LogP contribution in [0.4, 0.5) is 0 Å². The molecule has 0 saturated carbocycles. The van der Waals surface area contributed by atoms with Gasteiger partial charge in [0, 0.05) is 14.9 Å². The number of nitrogens with one attached hydrogen (secondary N) is 1. The van der Waals surface area contributed by atoms with E-state index in [4.69, 9.17) is 11.6 Å². The highest BCUT2D eigenvalue weighted by Gasteiger charge is 2.15. The second-order valence-electron chi connectivity index (χ2n) is 4.08. The fourth-order valence-electron chi connectivity index (χ4n) is 1.74. The highest BCUT2D eigenvalue weighted by Crippen LogP contribution is 2.25. The Bertz CT molecular complexity index is 571. The lowest BCUT2D eigenvalue weighted by Crippen LogP contribution is -2.27. The van der Waals surface area contributed by atoms with Gasteiger partial charge in [0.1, 0.15) is 0 Å². The van der Waals surface area contributed by atoms with E-state index in [1.807, 2.05) is 17.5 Å². The van der Waals surface area contributed by atoms with Gasteiger partial charge in [-0.3, -0.25) is 4.79 Å². The lowest BCUT2D eigenvalue weighted by molar-refractivity contribution is 0.0936. The maximum Gasteiger partial charge on any atom is 0.251 e. The van der Waals surface area contributed by atoms with Crippen molar-refractivity contribution >= 4 is 44.8 Å². The zero-order valence-electron chi connectivity index (χ0n) is 10.3. The molecule has 0 radical (unpaired) electrons. The van der Waals surface area contributed by atoms with Crippen molar-refractivity contribution in [3.8, 4) is 0 Å². The SMILES string of the molecule is CCC(NC(=O)c1ccc(Br)c(Cl)c1)c1cccs1. The number of hydrogen-bond acceptors (Lipinski definition) is 2. The van der Waals surface area contributed by atoms with Crippen LogP contribution in [-0.4, -0.2) is 5.91 Å². The van der Waals surface area contributed by atoms with Gasteiger partial charge < -0.3 is 5.32 Å². The van der Waals surface area contributed by atoms with E-state index < -0.39 is 0 Å². The highest BCUT2D eigenvalue weighted by molar-refractivity contribution is 9.10. The van der Waals surface area contributed by atoms with Crippen LogP contribution >= 0.6 is 38.9 Å². The summed E-state index contributed by atoms with van der Waals surface area (Å²) in [5.41, 5.74) is 0.572. The van der Waals surface area contributed by atoms with Gasteiger partial charge in [0.25, 0.3) is 5.91 Å². The van der Waals surface area contributed by atoms with Gasteiger partial charge in [-0.1, -0.05) is 24.6 Å². The Morgan fingerprint density at radius 3 is 2.84 bits per heavy atom. The first-order chi connectivity index (χ1) is 9.11. The molecule has 1 unspecified atom stereocenters. The highest BCUT2D eigenvalue weighted by atomic mass is 79.9. The normalized spacial score (nSPS) is 12.2. The van der Waals surface area contributed by atoms with E-state index in [1.54, 1.807) is 29.5 Å². The minimum atomic E-state index is -0.102. The van der Waals surface area contributed by atoms with E-state index in [-0.39, 0.29) is 11.9 Å². The molecule has 1 aromatic heterocycles. The number of carbonyl (C=O) groups is 1. The quantitative estimate of drug-likeness (QED) is 0.814. The minimum Gasteiger partial charge on any atom is -0.344 e. The molecule has 0 fully saturated rings. The van der Waals surface area contributed by atoms with Crippen LogP contribution in [0.5, 0.6) is 0 Å². The largest absolute Gasteiger partial charge is 0.344 e. The second-order valence-corrected chi connectivity index (χ2v) is 6.32. The third-order valence-corrected chi connectivity index (χ3v) is 5.00. The molecule has 0 aliphatic rings. The molecule has 1 aromatic carbocycles. The zero-order valence-corrected chi connectivity index (χ0v) is 13.5. The Hall–Kier alpha value is -0.840. The summed E-state index contributed by atoms with van der Waals surface area (Å²) >= 11 is 11.0.